The molecule has 5 nitrogen and oxygen atoms in total. The minimum Gasteiger partial charge on any atom is -0.383 e. The van der Waals surface area contributed by atoms with Gasteiger partial charge in [0.25, 0.3) is 5.91 Å². The van der Waals surface area contributed by atoms with E-state index in [1.54, 1.807) is 60.8 Å². The van der Waals surface area contributed by atoms with Gasteiger partial charge in [0.05, 0.1) is 23.5 Å². The van der Waals surface area contributed by atoms with Crippen molar-refractivity contribution in [2.45, 2.75) is 6.42 Å². The fourth-order valence-corrected chi connectivity index (χ4v) is 2.50. The molecule has 0 aliphatic carbocycles. The molecule has 0 unspecified atom stereocenters. The molecule has 3 aromatic rings. The molecular formula is C21H17FN4O. The molecule has 0 spiro atoms. The Kier molecular flexibility index (Phi) is 5.75. The number of anilines is 2. The molecule has 6 heteroatoms. The average Bonchev–Trinajstić information content (AvgIpc) is 2.70. The summed E-state index contributed by atoms with van der Waals surface area (Å²) in [5, 5.41) is 14.7. The van der Waals surface area contributed by atoms with E-state index in [9.17, 15) is 9.18 Å². The zero-order valence-corrected chi connectivity index (χ0v) is 14.4. The molecule has 0 aliphatic rings. The molecule has 3 rings (SSSR count). The summed E-state index contributed by atoms with van der Waals surface area (Å²) in [6.07, 6.45) is 2.11. The van der Waals surface area contributed by atoms with Crippen LogP contribution < -0.4 is 10.6 Å². The van der Waals surface area contributed by atoms with Gasteiger partial charge < -0.3 is 10.6 Å². The maximum Gasteiger partial charge on any atom is 0.274 e. The Balaban J connectivity index is 1.54. The summed E-state index contributed by atoms with van der Waals surface area (Å²) in [4.78, 5) is 16.4. The van der Waals surface area contributed by atoms with E-state index in [0.29, 0.717) is 29.8 Å². The van der Waals surface area contributed by atoms with Crippen LogP contribution in [0.3, 0.4) is 0 Å². The Hall–Kier alpha value is -3.72. The molecular weight excluding hydrogens is 343 g/mol. The van der Waals surface area contributed by atoms with Crippen molar-refractivity contribution in [3.05, 3.63) is 89.5 Å². The van der Waals surface area contributed by atoms with Crippen molar-refractivity contribution in [2.75, 3.05) is 17.2 Å². The van der Waals surface area contributed by atoms with E-state index in [4.69, 9.17) is 5.26 Å². The molecule has 0 aliphatic heterocycles. The van der Waals surface area contributed by atoms with Gasteiger partial charge in [-0.15, -0.1) is 0 Å². The van der Waals surface area contributed by atoms with Crippen molar-refractivity contribution >= 4 is 17.3 Å². The molecule has 27 heavy (non-hydrogen) atoms. The van der Waals surface area contributed by atoms with Crippen molar-refractivity contribution in [3.8, 4) is 6.07 Å². The summed E-state index contributed by atoms with van der Waals surface area (Å²) in [6, 6.07) is 18.6. The second-order valence-corrected chi connectivity index (χ2v) is 5.84. The van der Waals surface area contributed by atoms with E-state index in [1.165, 1.54) is 6.07 Å². The van der Waals surface area contributed by atoms with E-state index in [0.717, 1.165) is 5.69 Å². The molecule has 0 saturated heterocycles. The number of nitrogens with one attached hydrogen (secondary N) is 2. The first-order chi connectivity index (χ1) is 13.2. The van der Waals surface area contributed by atoms with E-state index < -0.39 is 0 Å². The highest BCUT2D eigenvalue weighted by Crippen LogP contribution is 2.12. The number of pyridine rings is 1. The number of amides is 1. The van der Waals surface area contributed by atoms with Crippen molar-refractivity contribution in [1.82, 2.24) is 4.98 Å². The van der Waals surface area contributed by atoms with Crippen LogP contribution in [0.2, 0.25) is 0 Å². The van der Waals surface area contributed by atoms with Gasteiger partial charge in [0.2, 0.25) is 0 Å². The van der Waals surface area contributed by atoms with Crippen molar-refractivity contribution < 1.29 is 9.18 Å². The van der Waals surface area contributed by atoms with Gasteiger partial charge >= 0.3 is 0 Å². The molecule has 1 aromatic heterocycles. The number of benzene rings is 2. The summed E-state index contributed by atoms with van der Waals surface area (Å²) in [5.41, 5.74) is 2.79. The summed E-state index contributed by atoms with van der Waals surface area (Å²) >= 11 is 0. The lowest BCUT2D eigenvalue weighted by Gasteiger charge is -2.08. The quantitative estimate of drug-likeness (QED) is 0.696. The number of nitrogens with zero attached hydrogens (tertiary/aromatic N) is 2. The topological polar surface area (TPSA) is 77.8 Å². The van der Waals surface area contributed by atoms with Crippen LogP contribution in [0, 0.1) is 17.1 Å². The molecule has 134 valence electrons. The number of aromatic nitrogens is 1. The maximum atomic E-state index is 13.6. The molecule has 0 fully saturated rings. The van der Waals surface area contributed by atoms with E-state index >= 15 is 0 Å². The Morgan fingerprint density at radius 2 is 1.78 bits per heavy atom. The molecule has 2 N–H and O–H groups in total. The second-order valence-electron chi connectivity index (χ2n) is 5.84. The molecule has 0 saturated carbocycles. The molecule has 2 aromatic carbocycles. The van der Waals surface area contributed by atoms with Crippen LogP contribution in [-0.4, -0.2) is 17.4 Å². The Bertz CT molecular complexity index is 963. The molecule has 0 radical (unpaired) electrons. The van der Waals surface area contributed by atoms with Crippen LogP contribution in [0.4, 0.5) is 15.8 Å². The maximum absolute atomic E-state index is 13.6. The minimum absolute atomic E-state index is 0.216. The predicted molar refractivity (Wildman–Crippen MR) is 102 cm³/mol. The highest BCUT2D eigenvalue weighted by atomic mass is 19.1. The summed E-state index contributed by atoms with van der Waals surface area (Å²) in [6.45, 7) is 0.555. The van der Waals surface area contributed by atoms with Gasteiger partial charge in [0.15, 0.2) is 0 Å². The highest BCUT2D eigenvalue weighted by Gasteiger charge is 2.08. The Labute approximate surface area is 156 Å². The first-order valence-corrected chi connectivity index (χ1v) is 8.40. The lowest BCUT2D eigenvalue weighted by Crippen LogP contribution is -2.14. The number of carbonyl (C=O) groups is 1. The Morgan fingerprint density at radius 3 is 2.44 bits per heavy atom. The average molecular weight is 360 g/mol. The van der Waals surface area contributed by atoms with E-state index in [-0.39, 0.29) is 17.4 Å². The molecule has 1 amide bonds. The van der Waals surface area contributed by atoms with Crippen LogP contribution in [0.5, 0.6) is 0 Å². The number of carbonyl (C=O) groups excluding carboxylic acids is 1. The largest absolute Gasteiger partial charge is 0.383 e. The zero-order valence-electron chi connectivity index (χ0n) is 14.4. The fourth-order valence-electron chi connectivity index (χ4n) is 2.50. The molecule has 0 bridgehead atoms. The van der Waals surface area contributed by atoms with E-state index in [1.807, 2.05) is 6.07 Å². The lowest BCUT2D eigenvalue weighted by atomic mass is 10.1. The van der Waals surface area contributed by atoms with Crippen LogP contribution in [-0.2, 0) is 6.42 Å². The summed E-state index contributed by atoms with van der Waals surface area (Å²) in [5.74, 6) is -0.551. The highest BCUT2D eigenvalue weighted by molar-refractivity contribution is 6.02. The third-order valence-electron chi connectivity index (χ3n) is 3.95. The van der Waals surface area contributed by atoms with Crippen LogP contribution in [0.1, 0.15) is 21.6 Å². The van der Waals surface area contributed by atoms with Gasteiger partial charge in [-0.1, -0.05) is 18.2 Å². The van der Waals surface area contributed by atoms with Crippen molar-refractivity contribution in [3.63, 3.8) is 0 Å². The standard InChI is InChI=1S/C21H17FN4O/c22-19-4-2-1-3-16(19)11-12-24-18-9-10-20(25-14-18)21(27)26-17-7-5-15(13-23)6-8-17/h1-10,14,24H,11-12H2,(H,26,27). The van der Waals surface area contributed by atoms with Gasteiger partial charge in [0, 0.05) is 12.2 Å². The van der Waals surface area contributed by atoms with Crippen LogP contribution >= 0.6 is 0 Å². The number of hydrogen-bond acceptors (Lipinski definition) is 4. The normalized spacial score (nSPS) is 10.1. The first kappa shape index (κ1) is 18.1. The first-order valence-electron chi connectivity index (χ1n) is 8.40. The zero-order chi connectivity index (χ0) is 19.1. The van der Waals surface area contributed by atoms with Crippen molar-refractivity contribution in [1.29, 1.82) is 5.26 Å². The van der Waals surface area contributed by atoms with Crippen LogP contribution in [0.25, 0.3) is 0 Å². The second kappa shape index (κ2) is 8.59. The molecule has 1 heterocycles. The van der Waals surface area contributed by atoms with Gasteiger partial charge in [-0.05, 0) is 54.4 Å². The summed E-state index contributed by atoms with van der Waals surface area (Å²) in [7, 11) is 0. The third-order valence-corrected chi connectivity index (χ3v) is 3.95. The van der Waals surface area contributed by atoms with Crippen LogP contribution in [0.15, 0.2) is 66.9 Å². The lowest BCUT2D eigenvalue weighted by molar-refractivity contribution is 0.102. The van der Waals surface area contributed by atoms with Gasteiger partial charge in [-0.2, -0.15) is 5.26 Å². The number of hydrogen-bond donors (Lipinski definition) is 2. The Morgan fingerprint density at radius 1 is 1.04 bits per heavy atom. The summed E-state index contributed by atoms with van der Waals surface area (Å²) < 4.78 is 13.6. The molecule has 0 atom stereocenters. The fraction of sp³-hybridized carbons (Fsp3) is 0.0952. The SMILES string of the molecule is N#Cc1ccc(NC(=O)c2ccc(NCCc3ccccc3F)cn2)cc1. The number of nitriles is 1. The predicted octanol–water partition coefficient (Wildman–Crippen LogP) is 4.00. The number of rotatable bonds is 6. The van der Waals surface area contributed by atoms with Gasteiger partial charge in [-0.25, -0.2) is 9.37 Å². The van der Waals surface area contributed by atoms with Gasteiger partial charge in [0.1, 0.15) is 11.5 Å². The number of halogens is 1. The van der Waals surface area contributed by atoms with Gasteiger partial charge in [-0.3, -0.25) is 4.79 Å². The van der Waals surface area contributed by atoms with E-state index in [2.05, 4.69) is 15.6 Å². The monoisotopic (exact) mass is 360 g/mol. The smallest absolute Gasteiger partial charge is 0.274 e. The minimum atomic E-state index is -0.336. The third kappa shape index (κ3) is 4.89. The van der Waals surface area contributed by atoms with Crippen molar-refractivity contribution in [2.24, 2.45) is 0 Å².